The van der Waals surface area contributed by atoms with E-state index in [2.05, 4.69) is 15.5 Å². The molecule has 2 heterocycles. The number of aromatic carboxylic acids is 1. The number of rotatable bonds is 8. The minimum Gasteiger partial charge on any atom is -0.476 e. The van der Waals surface area contributed by atoms with Crippen LogP contribution in [0.3, 0.4) is 0 Å². The van der Waals surface area contributed by atoms with Crippen LogP contribution in [0.1, 0.15) is 28.9 Å². The van der Waals surface area contributed by atoms with Gasteiger partial charge in [-0.2, -0.15) is 10.2 Å². The second-order valence-electron chi connectivity index (χ2n) is 5.00. The van der Waals surface area contributed by atoms with Crippen molar-refractivity contribution in [2.24, 2.45) is 0 Å². The summed E-state index contributed by atoms with van der Waals surface area (Å²) in [6.45, 7) is 3.68. The second kappa shape index (κ2) is 7.39. The highest BCUT2D eigenvalue weighted by atomic mass is 16.4. The van der Waals surface area contributed by atoms with Crippen molar-refractivity contribution in [2.75, 3.05) is 6.54 Å². The summed E-state index contributed by atoms with van der Waals surface area (Å²) in [6, 6.07) is 1.41. The van der Waals surface area contributed by atoms with E-state index in [9.17, 15) is 9.59 Å². The summed E-state index contributed by atoms with van der Waals surface area (Å²) in [7, 11) is 0. The van der Waals surface area contributed by atoms with Crippen LogP contribution in [0.2, 0.25) is 0 Å². The predicted octanol–water partition coefficient (Wildman–Crippen LogP) is 0.683. The van der Waals surface area contributed by atoms with Gasteiger partial charge < -0.3 is 10.4 Å². The van der Waals surface area contributed by atoms with E-state index in [0.29, 0.717) is 13.1 Å². The van der Waals surface area contributed by atoms with Gasteiger partial charge in [-0.05, 0) is 25.0 Å². The summed E-state index contributed by atoms with van der Waals surface area (Å²) >= 11 is 0. The van der Waals surface area contributed by atoms with Gasteiger partial charge in [-0.15, -0.1) is 0 Å². The first-order valence-electron chi connectivity index (χ1n) is 7.07. The fourth-order valence-electron chi connectivity index (χ4n) is 1.96. The number of carboxylic acid groups (broad SMARTS) is 1. The van der Waals surface area contributed by atoms with E-state index < -0.39 is 5.97 Å². The topological polar surface area (TPSA) is 102 Å². The molecule has 0 unspecified atom stereocenters. The zero-order valence-corrected chi connectivity index (χ0v) is 12.4. The number of hydrogen-bond acceptors (Lipinski definition) is 4. The lowest BCUT2D eigenvalue weighted by atomic mass is 10.3. The van der Waals surface area contributed by atoms with Gasteiger partial charge in [0.15, 0.2) is 5.69 Å². The highest BCUT2D eigenvalue weighted by Gasteiger charge is 2.07. The standard InChI is InChI=1S/C14H19N5O3/c1-11-9-16-19(10-11)6-2-5-15-13(20)4-8-18-7-3-12(17-18)14(21)22/h3,7,9-10H,2,4-6,8H2,1H3,(H,15,20)(H,21,22). The highest BCUT2D eigenvalue weighted by molar-refractivity contribution is 5.85. The molecular weight excluding hydrogens is 286 g/mol. The summed E-state index contributed by atoms with van der Waals surface area (Å²) < 4.78 is 3.30. The van der Waals surface area contributed by atoms with Gasteiger partial charge in [-0.25, -0.2) is 4.79 Å². The van der Waals surface area contributed by atoms with Crippen molar-refractivity contribution in [3.63, 3.8) is 0 Å². The molecule has 118 valence electrons. The molecule has 2 N–H and O–H groups in total. The molecule has 8 heteroatoms. The SMILES string of the molecule is Cc1cnn(CCCNC(=O)CCn2ccc(C(=O)O)n2)c1. The largest absolute Gasteiger partial charge is 0.476 e. The van der Waals surface area contributed by atoms with Crippen LogP contribution in [0.15, 0.2) is 24.7 Å². The van der Waals surface area contributed by atoms with Crippen LogP contribution in [0.5, 0.6) is 0 Å². The van der Waals surface area contributed by atoms with Crippen molar-refractivity contribution in [2.45, 2.75) is 32.9 Å². The molecule has 0 spiro atoms. The van der Waals surface area contributed by atoms with E-state index in [0.717, 1.165) is 18.5 Å². The van der Waals surface area contributed by atoms with E-state index in [1.807, 2.05) is 17.8 Å². The van der Waals surface area contributed by atoms with E-state index in [1.54, 1.807) is 12.4 Å². The minimum atomic E-state index is -1.07. The third kappa shape index (κ3) is 4.72. The molecule has 0 saturated heterocycles. The molecule has 0 aliphatic rings. The van der Waals surface area contributed by atoms with Gasteiger partial charge in [-0.1, -0.05) is 0 Å². The summed E-state index contributed by atoms with van der Waals surface area (Å²) in [6.07, 6.45) is 6.38. The Morgan fingerprint density at radius 3 is 2.77 bits per heavy atom. The van der Waals surface area contributed by atoms with Gasteiger partial charge in [0, 0.05) is 38.4 Å². The fourth-order valence-corrected chi connectivity index (χ4v) is 1.96. The molecule has 2 aromatic heterocycles. The summed E-state index contributed by atoms with van der Waals surface area (Å²) in [5.41, 5.74) is 1.10. The Morgan fingerprint density at radius 1 is 1.32 bits per heavy atom. The second-order valence-corrected chi connectivity index (χ2v) is 5.00. The summed E-state index contributed by atoms with van der Waals surface area (Å²) in [5, 5.41) is 19.6. The minimum absolute atomic E-state index is 0.0186. The monoisotopic (exact) mass is 305 g/mol. The number of amides is 1. The Morgan fingerprint density at radius 2 is 2.14 bits per heavy atom. The van der Waals surface area contributed by atoms with Crippen LogP contribution in [0.25, 0.3) is 0 Å². The number of carbonyl (C=O) groups is 2. The van der Waals surface area contributed by atoms with Gasteiger partial charge in [0.05, 0.1) is 6.20 Å². The van der Waals surface area contributed by atoms with Crippen LogP contribution in [0.4, 0.5) is 0 Å². The molecule has 0 saturated carbocycles. The zero-order chi connectivity index (χ0) is 15.9. The Hall–Kier alpha value is -2.64. The van der Waals surface area contributed by atoms with Crippen LogP contribution >= 0.6 is 0 Å². The molecule has 0 bridgehead atoms. The number of nitrogens with zero attached hydrogens (tertiary/aromatic N) is 4. The maximum Gasteiger partial charge on any atom is 0.356 e. The van der Waals surface area contributed by atoms with Crippen LogP contribution in [-0.2, 0) is 17.9 Å². The number of aryl methyl sites for hydroxylation is 3. The van der Waals surface area contributed by atoms with Crippen molar-refractivity contribution >= 4 is 11.9 Å². The highest BCUT2D eigenvalue weighted by Crippen LogP contribution is 1.98. The number of carboxylic acids is 1. The van der Waals surface area contributed by atoms with Crippen molar-refractivity contribution in [1.82, 2.24) is 24.9 Å². The van der Waals surface area contributed by atoms with E-state index >= 15 is 0 Å². The average molecular weight is 305 g/mol. The Kier molecular flexibility index (Phi) is 5.29. The Labute approximate surface area is 127 Å². The van der Waals surface area contributed by atoms with Gasteiger partial charge in [0.25, 0.3) is 0 Å². The van der Waals surface area contributed by atoms with Gasteiger partial charge in [0.2, 0.25) is 5.91 Å². The quantitative estimate of drug-likeness (QED) is 0.698. The first-order chi connectivity index (χ1) is 10.5. The molecule has 0 aliphatic heterocycles. The van der Waals surface area contributed by atoms with E-state index in [1.165, 1.54) is 10.7 Å². The molecule has 0 atom stereocenters. The van der Waals surface area contributed by atoms with Crippen molar-refractivity contribution in [3.05, 3.63) is 35.9 Å². The molecule has 0 aliphatic carbocycles. The van der Waals surface area contributed by atoms with Crippen LogP contribution in [-0.4, -0.2) is 43.1 Å². The lowest BCUT2D eigenvalue weighted by Crippen LogP contribution is -2.26. The third-order valence-electron chi connectivity index (χ3n) is 3.08. The number of aromatic nitrogens is 4. The van der Waals surface area contributed by atoms with Crippen LogP contribution in [0, 0.1) is 6.92 Å². The van der Waals surface area contributed by atoms with Crippen LogP contribution < -0.4 is 5.32 Å². The van der Waals surface area contributed by atoms with Gasteiger partial charge in [-0.3, -0.25) is 14.2 Å². The Balaban J connectivity index is 1.62. The summed E-state index contributed by atoms with van der Waals surface area (Å²) in [4.78, 5) is 22.4. The normalized spacial score (nSPS) is 10.6. The first-order valence-corrected chi connectivity index (χ1v) is 7.07. The maximum absolute atomic E-state index is 11.7. The smallest absolute Gasteiger partial charge is 0.356 e. The van der Waals surface area contributed by atoms with Crippen molar-refractivity contribution in [3.8, 4) is 0 Å². The fraction of sp³-hybridized carbons (Fsp3) is 0.429. The third-order valence-corrected chi connectivity index (χ3v) is 3.08. The Bertz CT molecular complexity index is 646. The molecular formula is C14H19N5O3. The molecule has 8 nitrogen and oxygen atoms in total. The lowest BCUT2D eigenvalue weighted by Gasteiger charge is -2.05. The molecule has 0 aromatic carbocycles. The first kappa shape index (κ1) is 15.7. The molecule has 22 heavy (non-hydrogen) atoms. The van der Waals surface area contributed by atoms with Gasteiger partial charge >= 0.3 is 5.97 Å². The average Bonchev–Trinajstić information content (AvgIpc) is 3.10. The number of carbonyl (C=O) groups excluding carboxylic acids is 1. The number of nitrogens with one attached hydrogen (secondary N) is 1. The molecule has 2 aromatic rings. The number of hydrogen-bond donors (Lipinski definition) is 2. The van der Waals surface area contributed by atoms with Crippen molar-refractivity contribution < 1.29 is 14.7 Å². The zero-order valence-electron chi connectivity index (χ0n) is 12.4. The molecule has 2 rings (SSSR count). The summed E-state index contributed by atoms with van der Waals surface area (Å²) in [5.74, 6) is -1.15. The van der Waals surface area contributed by atoms with Crippen molar-refractivity contribution in [1.29, 1.82) is 0 Å². The molecule has 0 fully saturated rings. The maximum atomic E-state index is 11.7. The lowest BCUT2D eigenvalue weighted by molar-refractivity contribution is -0.121. The van der Waals surface area contributed by atoms with Gasteiger partial charge in [0.1, 0.15) is 0 Å². The predicted molar refractivity (Wildman–Crippen MR) is 78.4 cm³/mol. The van der Waals surface area contributed by atoms with E-state index in [4.69, 9.17) is 5.11 Å². The molecule has 0 radical (unpaired) electrons. The molecule has 1 amide bonds. The van der Waals surface area contributed by atoms with E-state index in [-0.39, 0.29) is 18.0 Å².